The van der Waals surface area contributed by atoms with Crippen molar-refractivity contribution in [3.8, 4) is 0 Å². The third-order valence-electron chi connectivity index (χ3n) is 3.43. The van der Waals surface area contributed by atoms with Gasteiger partial charge in [0.1, 0.15) is 0 Å². The molecule has 3 N–H and O–H groups in total. The molecule has 0 bridgehead atoms. The van der Waals surface area contributed by atoms with Crippen molar-refractivity contribution in [2.45, 2.75) is 24.2 Å². The van der Waals surface area contributed by atoms with Crippen LogP contribution >= 0.6 is 0 Å². The first-order valence-corrected chi connectivity index (χ1v) is 8.05. The summed E-state index contributed by atoms with van der Waals surface area (Å²) in [6.07, 6.45) is 1.78. The number of carbonyl (C=O) groups is 1. The Labute approximate surface area is 119 Å². The first-order valence-electron chi connectivity index (χ1n) is 6.56. The summed E-state index contributed by atoms with van der Waals surface area (Å²) in [4.78, 5) is 13.9. The fraction of sp³-hybridized carbons (Fsp3) is 0.462. The second-order valence-corrected chi connectivity index (χ2v) is 6.57. The van der Waals surface area contributed by atoms with Gasteiger partial charge in [-0.15, -0.1) is 0 Å². The summed E-state index contributed by atoms with van der Waals surface area (Å²) in [7, 11) is -2.13. The summed E-state index contributed by atoms with van der Waals surface area (Å²) < 4.78 is 25.9. The van der Waals surface area contributed by atoms with Gasteiger partial charge in [-0.3, -0.25) is 4.79 Å². The lowest BCUT2D eigenvalue weighted by Crippen LogP contribution is -2.29. The molecule has 0 aromatic heterocycles. The molecule has 1 aliphatic rings. The summed E-state index contributed by atoms with van der Waals surface area (Å²) in [5.74, 6) is -0.00629. The highest BCUT2D eigenvalue weighted by atomic mass is 32.2. The molecule has 0 saturated heterocycles. The summed E-state index contributed by atoms with van der Waals surface area (Å²) in [5, 5.41) is 0. The Morgan fingerprint density at radius 3 is 2.85 bits per heavy atom. The van der Waals surface area contributed by atoms with Crippen LogP contribution in [0.2, 0.25) is 0 Å². The van der Waals surface area contributed by atoms with E-state index >= 15 is 0 Å². The molecule has 0 fully saturated rings. The van der Waals surface area contributed by atoms with Crippen LogP contribution in [0.5, 0.6) is 0 Å². The number of rotatable bonds is 5. The van der Waals surface area contributed by atoms with Crippen LogP contribution in [0.3, 0.4) is 0 Å². The van der Waals surface area contributed by atoms with E-state index in [2.05, 4.69) is 4.72 Å². The Morgan fingerprint density at radius 2 is 2.20 bits per heavy atom. The van der Waals surface area contributed by atoms with Crippen LogP contribution < -0.4 is 15.4 Å². The van der Waals surface area contributed by atoms with Gasteiger partial charge in [-0.2, -0.15) is 0 Å². The Balaban J connectivity index is 2.31. The first kappa shape index (κ1) is 15.0. The molecule has 7 heteroatoms. The molecule has 20 heavy (non-hydrogen) atoms. The second-order valence-electron chi connectivity index (χ2n) is 4.69. The lowest BCUT2D eigenvalue weighted by atomic mass is 10.2. The van der Waals surface area contributed by atoms with Crippen LogP contribution in [0.25, 0.3) is 0 Å². The quantitative estimate of drug-likeness (QED) is 0.813. The zero-order chi connectivity index (χ0) is 14.8. The monoisotopic (exact) mass is 297 g/mol. The number of nitrogens with one attached hydrogen (secondary N) is 1. The Morgan fingerprint density at radius 1 is 1.45 bits per heavy atom. The smallest absolute Gasteiger partial charge is 0.240 e. The minimum absolute atomic E-state index is 0.00629. The zero-order valence-electron chi connectivity index (χ0n) is 11.4. The number of anilines is 1. The lowest BCUT2D eigenvalue weighted by molar-refractivity contribution is -0.118. The van der Waals surface area contributed by atoms with Gasteiger partial charge in [0, 0.05) is 18.7 Å². The van der Waals surface area contributed by atoms with Gasteiger partial charge in [-0.1, -0.05) is 6.07 Å². The standard InChI is InChI=1S/C13H19N3O3S/c1-15-20(18,19)11-5-4-10-6-8-16(12(10)9-11)13(17)3-2-7-14/h4-5,9,15H,2-3,6-8,14H2,1H3. The molecule has 1 amide bonds. The molecule has 110 valence electrons. The van der Waals surface area contributed by atoms with E-state index in [1.807, 2.05) is 0 Å². The zero-order valence-corrected chi connectivity index (χ0v) is 12.2. The molecule has 1 aromatic carbocycles. The number of carbonyl (C=O) groups excluding carboxylic acids is 1. The predicted octanol–water partition coefficient (Wildman–Crippen LogP) is 0.223. The maximum absolute atomic E-state index is 12.1. The topological polar surface area (TPSA) is 92.5 Å². The highest BCUT2D eigenvalue weighted by Crippen LogP contribution is 2.31. The molecule has 0 aliphatic carbocycles. The molecule has 0 atom stereocenters. The molecular weight excluding hydrogens is 278 g/mol. The van der Waals surface area contributed by atoms with E-state index in [0.29, 0.717) is 31.6 Å². The molecular formula is C13H19N3O3S. The fourth-order valence-electron chi connectivity index (χ4n) is 2.29. The summed E-state index contributed by atoms with van der Waals surface area (Å²) in [5.41, 5.74) is 7.11. The average Bonchev–Trinajstić information content (AvgIpc) is 2.87. The SMILES string of the molecule is CNS(=O)(=O)c1ccc2c(c1)N(C(=O)CCCN)CC2. The van der Waals surface area contributed by atoms with Crippen molar-refractivity contribution in [3.05, 3.63) is 23.8 Å². The van der Waals surface area contributed by atoms with Crippen molar-refractivity contribution in [1.29, 1.82) is 0 Å². The van der Waals surface area contributed by atoms with Crippen molar-refractivity contribution in [2.75, 3.05) is 25.0 Å². The van der Waals surface area contributed by atoms with E-state index in [0.717, 1.165) is 12.0 Å². The molecule has 2 rings (SSSR count). The highest BCUT2D eigenvalue weighted by Gasteiger charge is 2.26. The summed E-state index contributed by atoms with van der Waals surface area (Å²) in [6, 6.07) is 4.91. The Kier molecular flexibility index (Phi) is 4.42. The Hall–Kier alpha value is -1.44. The van der Waals surface area contributed by atoms with E-state index in [1.165, 1.54) is 7.05 Å². The number of amides is 1. The lowest BCUT2D eigenvalue weighted by Gasteiger charge is -2.18. The number of nitrogens with zero attached hydrogens (tertiary/aromatic N) is 1. The van der Waals surface area contributed by atoms with Crippen molar-refractivity contribution < 1.29 is 13.2 Å². The van der Waals surface area contributed by atoms with Crippen molar-refractivity contribution >= 4 is 21.6 Å². The van der Waals surface area contributed by atoms with Gasteiger partial charge in [-0.25, -0.2) is 13.1 Å². The van der Waals surface area contributed by atoms with Crippen LogP contribution in [-0.4, -0.2) is 34.5 Å². The normalized spacial score (nSPS) is 14.4. The van der Waals surface area contributed by atoms with Crippen molar-refractivity contribution in [2.24, 2.45) is 5.73 Å². The molecule has 1 heterocycles. The van der Waals surface area contributed by atoms with E-state index in [-0.39, 0.29) is 10.8 Å². The van der Waals surface area contributed by atoms with E-state index in [4.69, 9.17) is 5.73 Å². The van der Waals surface area contributed by atoms with Crippen LogP contribution in [0.1, 0.15) is 18.4 Å². The molecule has 1 aromatic rings. The maximum Gasteiger partial charge on any atom is 0.240 e. The number of hydrogen-bond donors (Lipinski definition) is 2. The van der Waals surface area contributed by atoms with Gasteiger partial charge in [0.25, 0.3) is 0 Å². The molecule has 1 aliphatic heterocycles. The molecule has 0 unspecified atom stereocenters. The van der Waals surface area contributed by atoms with E-state index < -0.39 is 10.0 Å². The molecule has 0 saturated carbocycles. The van der Waals surface area contributed by atoms with Crippen molar-refractivity contribution in [3.63, 3.8) is 0 Å². The number of hydrogen-bond acceptors (Lipinski definition) is 4. The van der Waals surface area contributed by atoms with E-state index in [9.17, 15) is 13.2 Å². The number of fused-ring (bicyclic) bond motifs is 1. The maximum atomic E-state index is 12.1. The fourth-order valence-corrected chi connectivity index (χ4v) is 3.04. The summed E-state index contributed by atoms with van der Waals surface area (Å²) in [6.45, 7) is 1.07. The van der Waals surface area contributed by atoms with Crippen molar-refractivity contribution in [1.82, 2.24) is 4.72 Å². The van der Waals surface area contributed by atoms with Gasteiger partial charge in [0.15, 0.2) is 0 Å². The van der Waals surface area contributed by atoms with Gasteiger partial charge >= 0.3 is 0 Å². The second kappa shape index (κ2) is 5.90. The Bertz CT molecular complexity index is 613. The minimum Gasteiger partial charge on any atom is -0.330 e. The first-order chi connectivity index (χ1) is 9.49. The van der Waals surface area contributed by atoms with Gasteiger partial charge in [0.05, 0.1) is 4.90 Å². The number of benzene rings is 1. The van der Waals surface area contributed by atoms with Gasteiger partial charge < -0.3 is 10.6 Å². The average molecular weight is 297 g/mol. The highest BCUT2D eigenvalue weighted by molar-refractivity contribution is 7.89. The molecule has 6 nitrogen and oxygen atoms in total. The molecule has 0 spiro atoms. The van der Waals surface area contributed by atoms with Crippen LogP contribution in [-0.2, 0) is 21.2 Å². The minimum atomic E-state index is -3.49. The van der Waals surface area contributed by atoms with Crippen LogP contribution in [0, 0.1) is 0 Å². The number of nitrogens with two attached hydrogens (primary N) is 1. The van der Waals surface area contributed by atoms with E-state index in [1.54, 1.807) is 23.1 Å². The number of sulfonamides is 1. The predicted molar refractivity (Wildman–Crippen MR) is 77.0 cm³/mol. The van der Waals surface area contributed by atoms with Gasteiger partial charge in [-0.05, 0) is 44.1 Å². The third-order valence-corrected chi connectivity index (χ3v) is 4.84. The van der Waals surface area contributed by atoms with Crippen LogP contribution in [0.4, 0.5) is 5.69 Å². The summed E-state index contributed by atoms with van der Waals surface area (Å²) >= 11 is 0. The van der Waals surface area contributed by atoms with Gasteiger partial charge in [0.2, 0.25) is 15.9 Å². The largest absolute Gasteiger partial charge is 0.330 e. The van der Waals surface area contributed by atoms with Crippen LogP contribution in [0.15, 0.2) is 23.1 Å². The molecule has 0 radical (unpaired) electrons. The third kappa shape index (κ3) is 2.84.